The lowest BCUT2D eigenvalue weighted by molar-refractivity contribution is -0.193. The number of hydrogen-bond donors (Lipinski definition) is 2. The van der Waals surface area contributed by atoms with Crippen molar-refractivity contribution in [1.29, 1.82) is 0 Å². The second-order valence-electron chi connectivity index (χ2n) is 8.94. The second-order valence-corrected chi connectivity index (χ2v) is 8.94. The lowest BCUT2D eigenvalue weighted by Crippen LogP contribution is -2.36. The normalized spacial score (nSPS) is 15.2. The number of aromatic nitrogens is 3. The Hall–Kier alpha value is -3.44. The highest BCUT2D eigenvalue weighted by Gasteiger charge is 2.39. The zero-order valence-electron chi connectivity index (χ0n) is 22.9. The lowest BCUT2D eigenvalue weighted by atomic mass is 9.98. The molecule has 17 heteroatoms. The molecule has 0 radical (unpaired) electrons. The molecule has 2 heterocycles. The Morgan fingerprint density at radius 3 is 2.02 bits per heavy atom. The molecule has 11 nitrogen and oxygen atoms in total. The number of hydrogen-bond acceptors (Lipinski definition) is 8. The van der Waals surface area contributed by atoms with E-state index in [9.17, 15) is 26.3 Å². The van der Waals surface area contributed by atoms with E-state index in [0.717, 1.165) is 50.8 Å². The first-order valence-corrected chi connectivity index (χ1v) is 12.1. The molecule has 0 saturated carbocycles. The van der Waals surface area contributed by atoms with Crippen LogP contribution in [0, 0.1) is 0 Å². The van der Waals surface area contributed by atoms with Crippen molar-refractivity contribution in [2.75, 3.05) is 47.5 Å². The summed E-state index contributed by atoms with van der Waals surface area (Å²) in [5, 5.41) is 23.0. The molecule has 0 spiro atoms. The summed E-state index contributed by atoms with van der Waals surface area (Å²) < 4.78 is 76.7. The maximum atomic E-state index is 10.6. The van der Waals surface area contributed by atoms with Crippen LogP contribution in [-0.2, 0) is 34.0 Å². The number of carbonyl (C=O) groups is 2. The summed E-state index contributed by atoms with van der Waals surface area (Å²) in [5.41, 5.74) is 3.60. The highest BCUT2D eigenvalue weighted by atomic mass is 19.4. The van der Waals surface area contributed by atoms with Crippen molar-refractivity contribution in [3.63, 3.8) is 0 Å². The van der Waals surface area contributed by atoms with Crippen molar-refractivity contribution in [3.8, 4) is 5.75 Å². The van der Waals surface area contributed by atoms with Gasteiger partial charge in [0.25, 0.3) is 0 Å². The van der Waals surface area contributed by atoms with E-state index in [1.165, 1.54) is 11.3 Å². The van der Waals surface area contributed by atoms with Crippen LogP contribution in [0.3, 0.4) is 0 Å². The first-order valence-electron chi connectivity index (χ1n) is 12.1. The molecule has 3 rings (SSSR count). The number of carboxylic acid groups (broad SMARTS) is 2. The van der Waals surface area contributed by atoms with Gasteiger partial charge in [-0.15, -0.1) is 5.10 Å². The molecule has 1 atom stereocenters. The van der Waals surface area contributed by atoms with Gasteiger partial charge in [0.05, 0.1) is 26.0 Å². The van der Waals surface area contributed by atoms with E-state index in [1.807, 2.05) is 16.8 Å². The maximum Gasteiger partial charge on any atom is 0.490 e. The average molecular weight is 602 g/mol. The summed E-state index contributed by atoms with van der Waals surface area (Å²) in [6, 6.07) is 8.28. The van der Waals surface area contributed by atoms with Crippen LogP contribution in [0.2, 0.25) is 0 Å². The molecule has 2 aromatic rings. The van der Waals surface area contributed by atoms with Crippen LogP contribution in [0.4, 0.5) is 26.3 Å². The molecule has 1 aromatic heterocycles. The van der Waals surface area contributed by atoms with Crippen molar-refractivity contribution < 1.29 is 55.6 Å². The molecule has 232 valence electrons. The molecule has 0 bridgehead atoms. The molecular weight excluding hydrogens is 568 g/mol. The monoisotopic (exact) mass is 601 g/mol. The van der Waals surface area contributed by atoms with Crippen LogP contribution in [0.15, 0.2) is 24.3 Å². The molecule has 2 N–H and O–H groups in total. The number of fused-ring (bicyclic) bond motifs is 1. The predicted octanol–water partition coefficient (Wildman–Crippen LogP) is 3.25. The van der Waals surface area contributed by atoms with Gasteiger partial charge < -0.3 is 24.6 Å². The van der Waals surface area contributed by atoms with E-state index in [-0.39, 0.29) is 0 Å². The zero-order chi connectivity index (χ0) is 31.4. The largest absolute Gasteiger partial charge is 0.497 e. The highest BCUT2D eigenvalue weighted by Crippen LogP contribution is 2.28. The first-order chi connectivity index (χ1) is 19.0. The summed E-state index contributed by atoms with van der Waals surface area (Å²) in [5.74, 6) is -4.33. The van der Waals surface area contributed by atoms with E-state index in [4.69, 9.17) is 29.3 Å². The van der Waals surface area contributed by atoms with Gasteiger partial charge in [-0.1, -0.05) is 17.3 Å². The average Bonchev–Trinajstić information content (AvgIpc) is 3.30. The minimum atomic E-state index is -5.08. The molecule has 1 aliphatic heterocycles. The predicted molar refractivity (Wildman–Crippen MR) is 132 cm³/mol. The van der Waals surface area contributed by atoms with Gasteiger partial charge in [-0.05, 0) is 38.7 Å². The van der Waals surface area contributed by atoms with Gasteiger partial charge in [-0.2, -0.15) is 26.3 Å². The summed E-state index contributed by atoms with van der Waals surface area (Å²) in [4.78, 5) is 22.4. The lowest BCUT2D eigenvalue weighted by Gasteiger charge is -2.32. The van der Waals surface area contributed by atoms with Gasteiger partial charge in [-0.25, -0.2) is 14.3 Å². The third-order valence-corrected chi connectivity index (χ3v) is 5.44. The molecule has 0 fully saturated rings. The molecule has 1 aromatic carbocycles. The topological polar surface area (TPSA) is 130 Å². The number of methoxy groups -OCH3 is 1. The number of halogens is 6. The molecule has 1 unspecified atom stereocenters. The SMILES string of the molecule is CCn1nnc2c1C(COCCN(C)C)CN(Cc1ccc(OC)cc1)C2.O=C(O)C(F)(F)F.O=C(O)C(F)(F)F. The minimum absolute atomic E-state index is 0.295. The van der Waals surface area contributed by atoms with Crippen molar-refractivity contribution in [3.05, 3.63) is 41.2 Å². The van der Waals surface area contributed by atoms with Gasteiger partial charge in [0.1, 0.15) is 11.4 Å². The van der Waals surface area contributed by atoms with Gasteiger partial charge in [0, 0.05) is 38.6 Å². The molecular formula is C24H33F6N5O6. The molecule has 0 aliphatic carbocycles. The van der Waals surface area contributed by atoms with Crippen molar-refractivity contribution in [2.45, 2.75) is 44.8 Å². The van der Waals surface area contributed by atoms with Crippen LogP contribution in [0.5, 0.6) is 5.75 Å². The number of benzene rings is 1. The van der Waals surface area contributed by atoms with Crippen LogP contribution in [-0.4, -0.2) is 107 Å². The third kappa shape index (κ3) is 12.7. The van der Waals surface area contributed by atoms with Crippen molar-refractivity contribution >= 4 is 11.9 Å². The van der Waals surface area contributed by atoms with Crippen LogP contribution < -0.4 is 4.74 Å². The van der Waals surface area contributed by atoms with Crippen molar-refractivity contribution in [1.82, 2.24) is 24.8 Å². The number of aliphatic carboxylic acids is 2. The Bertz CT molecular complexity index is 1070. The van der Waals surface area contributed by atoms with E-state index >= 15 is 0 Å². The molecule has 0 amide bonds. The van der Waals surface area contributed by atoms with Crippen molar-refractivity contribution in [2.24, 2.45) is 0 Å². The standard InChI is InChI=1S/C20H31N5O2.2C2HF3O2/c1-5-25-20-17(15-27-11-10-23(2)3)13-24(14-19(20)21-22-25)12-16-6-8-18(26-4)9-7-16;2*3-2(4,5)1(6)7/h6-9,17H,5,10-15H2,1-4H3;2*(H,6,7). The molecule has 41 heavy (non-hydrogen) atoms. The number of alkyl halides is 6. The van der Waals surface area contributed by atoms with Crippen LogP contribution >= 0.6 is 0 Å². The van der Waals surface area contributed by atoms with E-state index < -0.39 is 24.3 Å². The second kappa shape index (κ2) is 16.1. The number of aryl methyl sites for hydroxylation is 1. The number of rotatable bonds is 9. The summed E-state index contributed by atoms with van der Waals surface area (Å²) in [6.07, 6.45) is -10.2. The van der Waals surface area contributed by atoms with E-state index in [0.29, 0.717) is 12.5 Å². The zero-order valence-corrected chi connectivity index (χ0v) is 22.9. The van der Waals surface area contributed by atoms with Gasteiger partial charge in [0.2, 0.25) is 0 Å². The summed E-state index contributed by atoms with van der Waals surface area (Å²) in [6.45, 7) is 8.00. The number of carboxylic acids is 2. The number of nitrogens with zero attached hydrogens (tertiary/aromatic N) is 5. The minimum Gasteiger partial charge on any atom is -0.497 e. The van der Waals surface area contributed by atoms with Gasteiger partial charge in [-0.3, -0.25) is 4.90 Å². The summed E-state index contributed by atoms with van der Waals surface area (Å²) in [7, 11) is 5.82. The Balaban J connectivity index is 0.000000497. The fourth-order valence-corrected chi connectivity index (χ4v) is 3.54. The fourth-order valence-electron chi connectivity index (χ4n) is 3.54. The Morgan fingerprint density at radius 1 is 1.05 bits per heavy atom. The van der Waals surface area contributed by atoms with E-state index in [1.54, 1.807) is 7.11 Å². The maximum absolute atomic E-state index is 10.6. The Labute approximate surface area is 232 Å². The van der Waals surface area contributed by atoms with Gasteiger partial charge in [0.15, 0.2) is 0 Å². The fraction of sp³-hybridized carbons (Fsp3) is 0.583. The Kier molecular flexibility index (Phi) is 14.0. The summed E-state index contributed by atoms with van der Waals surface area (Å²) >= 11 is 0. The third-order valence-electron chi connectivity index (χ3n) is 5.44. The molecule has 1 aliphatic rings. The number of ether oxygens (including phenoxy) is 2. The van der Waals surface area contributed by atoms with Crippen LogP contribution in [0.1, 0.15) is 29.8 Å². The van der Waals surface area contributed by atoms with E-state index in [2.05, 4.69) is 53.3 Å². The number of likely N-dealkylation sites (N-methyl/N-ethyl adjacent to an activating group) is 1. The Morgan fingerprint density at radius 2 is 1.59 bits per heavy atom. The first kappa shape index (κ1) is 35.6. The highest BCUT2D eigenvalue weighted by molar-refractivity contribution is 5.73. The van der Waals surface area contributed by atoms with Crippen LogP contribution in [0.25, 0.3) is 0 Å². The molecule has 0 saturated heterocycles. The van der Waals surface area contributed by atoms with Gasteiger partial charge >= 0.3 is 24.3 Å². The smallest absolute Gasteiger partial charge is 0.490 e. The quantitative estimate of drug-likeness (QED) is 0.326.